The first-order chi connectivity index (χ1) is 19.2. The summed E-state index contributed by atoms with van der Waals surface area (Å²) in [6.45, 7) is 1.81. The zero-order valence-electron chi connectivity index (χ0n) is 21.4. The van der Waals surface area contributed by atoms with E-state index in [2.05, 4.69) is 25.6 Å². The van der Waals surface area contributed by atoms with Crippen LogP contribution >= 0.6 is 7.60 Å². The largest absolute Gasteiger partial charge is 0.778 e. The number of aromatic nitrogens is 4. The van der Waals surface area contributed by atoms with E-state index in [1.54, 1.807) is 11.5 Å². The Morgan fingerprint density at radius 3 is 2.67 bits per heavy atom. The lowest BCUT2D eigenvalue weighted by atomic mass is 10.1. The van der Waals surface area contributed by atoms with E-state index in [1.807, 2.05) is 30.3 Å². The Morgan fingerprint density at radius 2 is 1.93 bits per heavy atom. The highest BCUT2D eigenvalue weighted by Gasteiger charge is 2.54. The molecule has 2 saturated heterocycles. The molecule has 40 heavy (non-hydrogen) atoms. The molecule has 16 heteroatoms. The van der Waals surface area contributed by atoms with Crippen molar-refractivity contribution in [1.82, 2.24) is 24.8 Å². The molecule has 1 aromatic carbocycles. The number of fused-ring (bicyclic) bond motifs is 2. The van der Waals surface area contributed by atoms with Gasteiger partial charge in [0.25, 0.3) is 0 Å². The van der Waals surface area contributed by atoms with Gasteiger partial charge < -0.3 is 38.6 Å². The van der Waals surface area contributed by atoms with Gasteiger partial charge in [0.1, 0.15) is 32.2 Å². The van der Waals surface area contributed by atoms with Crippen molar-refractivity contribution in [2.24, 2.45) is 0 Å². The van der Waals surface area contributed by atoms with Crippen molar-refractivity contribution >= 4 is 36.6 Å². The molecule has 2 aliphatic heterocycles. The second kappa shape index (κ2) is 12.0. The lowest BCUT2D eigenvalue weighted by Gasteiger charge is -2.26. The van der Waals surface area contributed by atoms with Crippen LogP contribution in [0.15, 0.2) is 43.0 Å². The summed E-state index contributed by atoms with van der Waals surface area (Å²) in [4.78, 5) is 48.0. The number of benzene rings is 1. The van der Waals surface area contributed by atoms with Crippen molar-refractivity contribution in [2.45, 2.75) is 50.6 Å². The van der Waals surface area contributed by atoms with Crippen LogP contribution in [-0.4, -0.2) is 80.5 Å². The Hall–Kier alpha value is -3.46. The molecule has 2 fully saturated rings. The van der Waals surface area contributed by atoms with Crippen molar-refractivity contribution in [1.29, 1.82) is 0 Å². The van der Waals surface area contributed by atoms with E-state index in [-0.39, 0.29) is 5.82 Å². The van der Waals surface area contributed by atoms with Crippen LogP contribution in [-0.2, 0) is 34.5 Å². The summed E-state index contributed by atoms with van der Waals surface area (Å²) in [6, 6.07) is 9.14. The molecule has 5 rings (SSSR count). The molecule has 6 atom stereocenters. The number of carboxylic acid groups (broad SMARTS) is 1. The summed E-state index contributed by atoms with van der Waals surface area (Å²) in [7, 11) is -4.44. The molecule has 2 aromatic heterocycles. The highest BCUT2D eigenvalue weighted by atomic mass is 31.2. The van der Waals surface area contributed by atoms with Crippen molar-refractivity contribution in [3.63, 3.8) is 0 Å². The second-order valence-corrected chi connectivity index (χ2v) is 11.1. The molecule has 0 bridgehead atoms. The fourth-order valence-corrected chi connectivity index (χ4v) is 5.56. The van der Waals surface area contributed by atoms with Crippen LogP contribution in [0.1, 0.15) is 25.1 Å². The SMILES string of the molecule is CCNC(=O)Nc1ncnc2c1ncn2[C@@H]1O[C@H](COP(=O)([O-])CCC(=O)O)C2OC(Cc3ccccc3)O[C@@H]21. The molecule has 4 heterocycles. The van der Waals surface area contributed by atoms with Gasteiger partial charge in [-0.3, -0.25) is 14.7 Å². The Balaban J connectivity index is 1.38. The van der Waals surface area contributed by atoms with Gasteiger partial charge in [-0.2, -0.15) is 0 Å². The zero-order valence-corrected chi connectivity index (χ0v) is 22.3. The fourth-order valence-electron chi connectivity index (χ4n) is 4.59. The number of imidazole rings is 1. The Morgan fingerprint density at radius 1 is 1.15 bits per heavy atom. The first-order valence-corrected chi connectivity index (χ1v) is 14.4. The van der Waals surface area contributed by atoms with E-state index >= 15 is 0 Å². The third kappa shape index (κ3) is 6.30. The summed E-state index contributed by atoms with van der Waals surface area (Å²) in [5, 5.41) is 14.1. The summed E-state index contributed by atoms with van der Waals surface area (Å²) in [6.07, 6.45) is -1.77. The van der Waals surface area contributed by atoms with Crippen molar-refractivity contribution in [3.8, 4) is 0 Å². The van der Waals surface area contributed by atoms with Gasteiger partial charge in [-0.25, -0.2) is 19.7 Å². The number of nitrogens with one attached hydrogen (secondary N) is 2. The normalized spacial score (nSPS) is 25.4. The predicted octanol–water partition coefficient (Wildman–Crippen LogP) is 1.26. The maximum absolute atomic E-state index is 12.3. The van der Waals surface area contributed by atoms with Gasteiger partial charge >= 0.3 is 12.0 Å². The van der Waals surface area contributed by atoms with Crippen molar-refractivity contribution in [2.75, 3.05) is 24.6 Å². The topological polar surface area (TPSA) is 199 Å². The molecule has 3 unspecified atom stereocenters. The van der Waals surface area contributed by atoms with Crippen LogP contribution in [0.2, 0.25) is 0 Å². The number of ether oxygens (including phenoxy) is 3. The fraction of sp³-hybridized carbons (Fsp3) is 0.458. The number of anilines is 1. The minimum atomic E-state index is -4.44. The second-order valence-electron chi connectivity index (χ2n) is 9.19. The molecule has 0 spiro atoms. The lowest BCUT2D eigenvalue weighted by molar-refractivity contribution is -0.204. The molecule has 3 N–H and O–H groups in total. The summed E-state index contributed by atoms with van der Waals surface area (Å²) < 4.78 is 37.6. The number of urea groups is 1. The number of hydrogen-bond acceptors (Lipinski definition) is 11. The van der Waals surface area contributed by atoms with Crippen LogP contribution in [0.5, 0.6) is 0 Å². The molecule has 15 nitrogen and oxygen atoms in total. The maximum atomic E-state index is 12.3. The third-order valence-corrected chi connectivity index (χ3v) is 7.70. The van der Waals surface area contributed by atoms with E-state index in [1.165, 1.54) is 12.7 Å². The average Bonchev–Trinajstić information content (AvgIpc) is 3.61. The maximum Gasteiger partial charge on any atom is 0.320 e. The quantitative estimate of drug-likeness (QED) is 0.277. The minimum Gasteiger partial charge on any atom is -0.778 e. The third-order valence-electron chi connectivity index (χ3n) is 6.39. The summed E-state index contributed by atoms with van der Waals surface area (Å²) in [5.41, 5.74) is 1.64. The van der Waals surface area contributed by atoms with Crippen molar-refractivity contribution in [3.05, 3.63) is 48.5 Å². The number of nitrogens with zero attached hydrogens (tertiary/aromatic N) is 4. The van der Waals surface area contributed by atoms with E-state index in [0.717, 1.165) is 5.56 Å². The standard InChI is InChI=1S/C24H29N6O9P/c1-2-25-24(33)29-21-18-22(27-12-26-21)30(13-28-18)23-20-19(38-17(39-20)10-14-6-4-3-5-7-14)15(37-23)11-36-40(34,35)9-8-16(31)32/h3-7,12-13,15,17,19-20,23H,2,8-11H2,1H3,(H,31,32)(H,34,35)(H2,25,26,27,29,33)/p-1/t15-,17?,19?,20+,23-/m1/s1. The minimum absolute atomic E-state index is 0.195. The van der Waals surface area contributed by atoms with Gasteiger partial charge in [-0.1, -0.05) is 30.3 Å². The van der Waals surface area contributed by atoms with Crippen LogP contribution in [0.25, 0.3) is 11.2 Å². The number of aliphatic carboxylic acids is 1. The number of carbonyl (C=O) groups is 2. The van der Waals surface area contributed by atoms with Crippen LogP contribution in [0.4, 0.5) is 10.6 Å². The monoisotopic (exact) mass is 575 g/mol. The number of hydrogen-bond donors (Lipinski definition) is 3. The molecule has 0 aliphatic carbocycles. The molecule has 214 valence electrons. The molecule has 2 aliphatic rings. The predicted molar refractivity (Wildman–Crippen MR) is 136 cm³/mol. The van der Waals surface area contributed by atoms with Gasteiger partial charge in [0.2, 0.25) is 0 Å². The number of carboxylic acids is 1. The summed E-state index contributed by atoms with van der Waals surface area (Å²) in [5.74, 6) is -1.05. The molecule has 0 saturated carbocycles. The number of amides is 2. The average molecular weight is 575 g/mol. The van der Waals surface area contributed by atoms with Gasteiger partial charge in [0, 0.05) is 19.1 Å². The molecular formula is C24H28N6O9P-. The lowest BCUT2D eigenvalue weighted by Crippen LogP contribution is -2.32. The van der Waals surface area contributed by atoms with Gasteiger partial charge in [-0.15, -0.1) is 0 Å². The van der Waals surface area contributed by atoms with E-state index in [4.69, 9.17) is 23.8 Å². The molecule has 0 radical (unpaired) electrons. The van der Waals surface area contributed by atoms with Crippen LogP contribution in [0.3, 0.4) is 0 Å². The molecule has 2 amide bonds. The highest BCUT2D eigenvalue weighted by Crippen LogP contribution is 2.44. The molecule has 3 aromatic rings. The Labute approximate surface area is 228 Å². The van der Waals surface area contributed by atoms with Crippen LogP contribution in [0, 0.1) is 0 Å². The zero-order chi connectivity index (χ0) is 28.3. The van der Waals surface area contributed by atoms with Gasteiger partial charge in [0.05, 0.1) is 19.4 Å². The molecular weight excluding hydrogens is 547 g/mol. The first-order valence-electron chi connectivity index (χ1n) is 12.6. The van der Waals surface area contributed by atoms with Crippen LogP contribution < -0.4 is 15.5 Å². The first kappa shape index (κ1) is 28.1. The van der Waals surface area contributed by atoms with E-state index in [9.17, 15) is 19.0 Å². The van der Waals surface area contributed by atoms with Gasteiger partial charge in [-0.05, 0) is 12.5 Å². The van der Waals surface area contributed by atoms with E-state index < -0.39 is 69.6 Å². The highest BCUT2D eigenvalue weighted by molar-refractivity contribution is 7.51. The number of carbonyl (C=O) groups excluding carboxylic acids is 1. The smallest absolute Gasteiger partial charge is 0.320 e. The van der Waals surface area contributed by atoms with Gasteiger partial charge in [0.15, 0.2) is 29.5 Å². The Bertz CT molecular complexity index is 1410. The number of rotatable bonds is 11. The van der Waals surface area contributed by atoms with Crippen molar-refractivity contribution < 1.29 is 42.9 Å². The van der Waals surface area contributed by atoms with E-state index in [0.29, 0.717) is 24.1 Å². The Kier molecular flexibility index (Phi) is 8.40. The summed E-state index contributed by atoms with van der Waals surface area (Å²) >= 11 is 0.